The number of carboxylic acids is 2. The number of nitrogens with one attached hydrogen (secondary N) is 1. The van der Waals surface area contributed by atoms with E-state index in [2.05, 4.69) is 5.32 Å². The molecule has 1 amide bonds. The number of carbonyl (C=O) groups is 3. The van der Waals surface area contributed by atoms with Crippen molar-refractivity contribution in [1.82, 2.24) is 5.32 Å². The molecule has 0 saturated heterocycles. The normalized spacial score (nSPS) is 11.8. The molecule has 0 aromatic rings. The Hall–Kier alpha value is -1.63. The van der Waals surface area contributed by atoms with Crippen LogP contribution in [0.5, 0.6) is 0 Å². The highest BCUT2D eigenvalue weighted by molar-refractivity contribution is 5.83. The van der Waals surface area contributed by atoms with Crippen LogP contribution in [0.25, 0.3) is 0 Å². The summed E-state index contributed by atoms with van der Waals surface area (Å²) in [6.45, 7) is 0.348. The second-order valence-corrected chi connectivity index (χ2v) is 3.28. The fraction of sp³-hybridized carbons (Fsp3) is 0.667. The van der Waals surface area contributed by atoms with E-state index in [0.29, 0.717) is 13.0 Å². The molecule has 0 fully saturated rings. The summed E-state index contributed by atoms with van der Waals surface area (Å²) in [4.78, 5) is 32.1. The van der Waals surface area contributed by atoms with Crippen molar-refractivity contribution in [2.45, 2.75) is 31.7 Å². The standard InChI is InChI=1S/C9H16N2O5/c10-5-1-2-7(12)11-6(9(15)16)3-4-8(13)14/h6H,1-5,10H2,(H,11,12)(H,13,14)(H,15,16)/t6-/m0/s1. The number of rotatable bonds is 8. The quantitative estimate of drug-likeness (QED) is 0.431. The predicted octanol–water partition coefficient (Wildman–Crippen LogP) is -0.840. The van der Waals surface area contributed by atoms with Crippen LogP contribution in [-0.2, 0) is 14.4 Å². The lowest BCUT2D eigenvalue weighted by atomic mass is 10.1. The topological polar surface area (TPSA) is 130 Å². The minimum atomic E-state index is -1.23. The van der Waals surface area contributed by atoms with Gasteiger partial charge in [-0.05, 0) is 19.4 Å². The molecule has 92 valence electrons. The van der Waals surface area contributed by atoms with Crippen LogP contribution in [0.15, 0.2) is 0 Å². The van der Waals surface area contributed by atoms with Gasteiger partial charge < -0.3 is 21.3 Å². The molecule has 0 bridgehead atoms. The molecule has 0 aliphatic heterocycles. The predicted molar refractivity (Wildman–Crippen MR) is 54.7 cm³/mol. The van der Waals surface area contributed by atoms with Gasteiger partial charge in [0.1, 0.15) is 6.04 Å². The molecule has 0 unspecified atom stereocenters. The van der Waals surface area contributed by atoms with Crippen molar-refractivity contribution in [2.24, 2.45) is 5.73 Å². The minimum Gasteiger partial charge on any atom is -0.481 e. The van der Waals surface area contributed by atoms with Gasteiger partial charge in [0.25, 0.3) is 0 Å². The molecule has 7 heteroatoms. The Morgan fingerprint density at radius 2 is 1.81 bits per heavy atom. The summed E-state index contributed by atoms with van der Waals surface area (Å²) in [5.41, 5.74) is 5.19. The molecule has 0 radical (unpaired) electrons. The molecule has 0 heterocycles. The third-order valence-electron chi connectivity index (χ3n) is 1.89. The number of amides is 1. The van der Waals surface area contributed by atoms with Crippen LogP contribution in [-0.4, -0.2) is 40.6 Å². The third-order valence-corrected chi connectivity index (χ3v) is 1.89. The van der Waals surface area contributed by atoms with Crippen LogP contribution in [0.1, 0.15) is 25.7 Å². The number of carboxylic acid groups (broad SMARTS) is 2. The summed E-state index contributed by atoms with van der Waals surface area (Å²) in [7, 11) is 0. The van der Waals surface area contributed by atoms with Gasteiger partial charge in [0.2, 0.25) is 5.91 Å². The van der Waals surface area contributed by atoms with E-state index in [1.54, 1.807) is 0 Å². The maximum absolute atomic E-state index is 11.2. The van der Waals surface area contributed by atoms with Crippen molar-refractivity contribution in [2.75, 3.05) is 6.54 Å². The van der Waals surface area contributed by atoms with E-state index in [0.717, 1.165) is 0 Å². The van der Waals surface area contributed by atoms with E-state index in [1.165, 1.54) is 0 Å². The van der Waals surface area contributed by atoms with Crippen LogP contribution >= 0.6 is 0 Å². The molecule has 0 saturated carbocycles. The molecular weight excluding hydrogens is 216 g/mol. The SMILES string of the molecule is NCCCC(=O)N[C@@H](CCC(=O)O)C(=O)O. The van der Waals surface area contributed by atoms with Gasteiger partial charge >= 0.3 is 11.9 Å². The maximum Gasteiger partial charge on any atom is 0.326 e. The molecule has 0 rings (SSSR count). The van der Waals surface area contributed by atoms with Gasteiger partial charge in [-0.2, -0.15) is 0 Å². The molecule has 1 atom stereocenters. The number of hydrogen-bond acceptors (Lipinski definition) is 4. The summed E-state index contributed by atoms with van der Waals surface area (Å²) in [6, 6.07) is -1.15. The first-order chi connectivity index (χ1) is 7.47. The highest BCUT2D eigenvalue weighted by atomic mass is 16.4. The molecule has 5 N–H and O–H groups in total. The summed E-state index contributed by atoms with van der Waals surface area (Å²) in [5, 5.41) is 19.4. The van der Waals surface area contributed by atoms with Gasteiger partial charge in [-0.1, -0.05) is 0 Å². The van der Waals surface area contributed by atoms with Gasteiger partial charge in [0.05, 0.1) is 0 Å². The van der Waals surface area contributed by atoms with Crippen molar-refractivity contribution >= 4 is 17.8 Å². The minimum absolute atomic E-state index is 0.126. The molecule has 16 heavy (non-hydrogen) atoms. The number of aliphatic carboxylic acids is 2. The Morgan fingerprint density at radius 1 is 1.19 bits per heavy atom. The van der Waals surface area contributed by atoms with E-state index in [1.807, 2.05) is 0 Å². The van der Waals surface area contributed by atoms with Gasteiger partial charge in [-0.25, -0.2) is 4.79 Å². The van der Waals surface area contributed by atoms with Gasteiger partial charge in [-0.3, -0.25) is 9.59 Å². The average Bonchev–Trinajstić information content (AvgIpc) is 2.20. The summed E-state index contributed by atoms with van der Waals surface area (Å²) >= 11 is 0. The summed E-state index contributed by atoms with van der Waals surface area (Å²) in [5.74, 6) is -2.76. The van der Waals surface area contributed by atoms with Crippen LogP contribution < -0.4 is 11.1 Å². The smallest absolute Gasteiger partial charge is 0.326 e. The molecule has 0 aromatic heterocycles. The average molecular weight is 232 g/mol. The lowest BCUT2D eigenvalue weighted by Gasteiger charge is -2.13. The number of carbonyl (C=O) groups excluding carboxylic acids is 1. The molecule has 0 aliphatic rings. The molecule has 0 aromatic carbocycles. The second-order valence-electron chi connectivity index (χ2n) is 3.28. The molecule has 0 aliphatic carbocycles. The van der Waals surface area contributed by atoms with E-state index >= 15 is 0 Å². The van der Waals surface area contributed by atoms with Crippen molar-refractivity contribution in [1.29, 1.82) is 0 Å². The van der Waals surface area contributed by atoms with Crippen LogP contribution in [0.3, 0.4) is 0 Å². The fourth-order valence-electron chi connectivity index (χ4n) is 1.05. The molecular formula is C9H16N2O5. The van der Waals surface area contributed by atoms with Crippen molar-refractivity contribution in [3.05, 3.63) is 0 Å². The first-order valence-electron chi connectivity index (χ1n) is 4.91. The zero-order valence-corrected chi connectivity index (χ0v) is 8.81. The lowest BCUT2D eigenvalue weighted by molar-refractivity contribution is -0.143. The second kappa shape index (κ2) is 7.63. The Balaban J connectivity index is 4.07. The third kappa shape index (κ3) is 6.77. The first kappa shape index (κ1) is 14.4. The van der Waals surface area contributed by atoms with Gasteiger partial charge in [0, 0.05) is 12.8 Å². The highest BCUT2D eigenvalue weighted by Gasteiger charge is 2.20. The van der Waals surface area contributed by atoms with Crippen LogP contribution in [0, 0.1) is 0 Å². The van der Waals surface area contributed by atoms with E-state index < -0.39 is 23.9 Å². The van der Waals surface area contributed by atoms with Gasteiger partial charge in [0.15, 0.2) is 0 Å². The number of hydrogen-bond donors (Lipinski definition) is 4. The largest absolute Gasteiger partial charge is 0.481 e. The van der Waals surface area contributed by atoms with E-state index in [9.17, 15) is 14.4 Å². The molecule has 7 nitrogen and oxygen atoms in total. The van der Waals surface area contributed by atoms with E-state index in [4.69, 9.17) is 15.9 Å². The zero-order valence-electron chi connectivity index (χ0n) is 8.81. The summed E-state index contributed by atoms with van der Waals surface area (Å²) in [6.07, 6.45) is 0.192. The Kier molecular flexibility index (Phi) is 6.86. The lowest BCUT2D eigenvalue weighted by Crippen LogP contribution is -2.41. The highest BCUT2D eigenvalue weighted by Crippen LogP contribution is 1.99. The van der Waals surface area contributed by atoms with Crippen molar-refractivity contribution in [3.8, 4) is 0 Å². The summed E-state index contributed by atoms with van der Waals surface area (Å²) < 4.78 is 0. The van der Waals surface area contributed by atoms with E-state index in [-0.39, 0.29) is 19.3 Å². The first-order valence-corrected chi connectivity index (χ1v) is 4.91. The maximum atomic E-state index is 11.2. The van der Waals surface area contributed by atoms with Crippen molar-refractivity contribution < 1.29 is 24.6 Å². The Labute approximate surface area is 92.6 Å². The fourth-order valence-corrected chi connectivity index (χ4v) is 1.05. The molecule has 0 spiro atoms. The monoisotopic (exact) mass is 232 g/mol. The van der Waals surface area contributed by atoms with Gasteiger partial charge in [-0.15, -0.1) is 0 Å². The Morgan fingerprint density at radius 3 is 2.25 bits per heavy atom. The van der Waals surface area contributed by atoms with Crippen LogP contribution in [0.2, 0.25) is 0 Å². The Bertz CT molecular complexity index is 267. The van der Waals surface area contributed by atoms with Crippen LogP contribution in [0.4, 0.5) is 0 Å². The number of nitrogens with two attached hydrogens (primary N) is 1. The zero-order chi connectivity index (χ0) is 12.6. The van der Waals surface area contributed by atoms with Crippen molar-refractivity contribution in [3.63, 3.8) is 0 Å².